The summed E-state index contributed by atoms with van der Waals surface area (Å²) in [5, 5.41) is 14.4. The van der Waals surface area contributed by atoms with Crippen molar-refractivity contribution in [1.29, 1.82) is 0 Å². The van der Waals surface area contributed by atoms with E-state index < -0.39 is 16.1 Å². The molecule has 68 heavy (non-hydrogen) atoms. The zero-order valence-corrected chi connectivity index (χ0v) is 40.4. The Morgan fingerprint density at radius 1 is 0.279 bits per heavy atom. The first-order valence-electron chi connectivity index (χ1n) is 23.8. The average Bonchev–Trinajstić information content (AvgIpc) is 4.02. The SMILES string of the molecule is C[Si](C)(C)c1ccc2c(c1)c1ccccc1n2-c1ccc2c(c1)c1ccccc1n2-c1c(-n2c3ccccc3c3ccccc32)cccc1[Si](c1ccccc1)(c1ccccc1)c1ccccc1. The smallest absolute Gasteiger partial charge is 0.181 e. The fourth-order valence-electron chi connectivity index (χ4n) is 11.5. The second-order valence-corrected chi connectivity index (χ2v) is 28.1. The van der Waals surface area contributed by atoms with Gasteiger partial charge in [-0.15, -0.1) is 0 Å². The molecule has 0 spiro atoms. The lowest BCUT2D eigenvalue weighted by Gasteiger charge is -2.37. The number of rotatable bonds is 8. The molecule has 10 aromatic carbocycles. The van der Waals surface area contributed by atoms with Gasteiger partial charge in [-0.1, -0.05) is 213 Å². The second-order valence-electron chi connectivity index (χ2n) is 19.3. The summed E-state index contributed by atoms with van der Waals surface area (Å²) < 4.78 is 7.64. The van der Waals surface area contributed by atoms with Crippen molar-refractivity contribution in [3.63, 3.8) is 0 Å². The zero-order valence-electron chi connectivity index (χ0n) is 38.4. The highest BCUT2D eigenvalue weighted by Gasteiger charge is 2.44. The Balaban J connectivity index is 1.19. The van der Waals surface area contributed by atoms with Crippen LogP contribution in [0.5, 0.6) is 0 Å². The van der Waals surface area contributed by atoms with Crippen LogP contribution in [0.4, 0.5) is 0 Å². The Morgan fingerprint density at radius 3 is 1.19 bits per heavy atom. The maximum Gasteiger partial charge on any atom is 0.181 e. The molecule has 0 saturated heterocycles. The number of hydrogen-bond acceptors (Lipinski definition) is 0. The van der Waals surface area contributed by atoms with Gasteiger partial charge < -0.3 is 13.7 Å². The van der Waals surface area contributed by atoms with Crippen molar-refractivity contribution >= 4 is 107 Å². The zero-order chi connectivity index (χ0) is 45.6. The number of hydrogen-bond donors (Lipinski definition) is 0. The first-order valence-corrected chi connectivity index (χ1v) is 29.3. The Morgan fingerprint density at radius 2 is 0.676 bits per heavy atom. The summed E-state index contributed by atoms with van der Waals surface area (Å²) in [5.41, 5.74) is 10.7. The van der Waals surface area contributed by atoms with Gasteiger partial charge in [-0.05, 0) is 75.3 Å². The third-order valence-electron chi connectivity index (χ3n) is 14.5. The van der Waals surface area contributed by atoms with Crippen molar-refractivity contribution < 1.29 is 0 Å². The predicted molar refractivity (Wildman–Crippen MR) is 296 cm³/mol. The summed E-state index contributed by atoms with van der Waals surface area (Å²) in [5.74, 6) is 0. The van der Waals surface area contributed by atoms with Gasteiger partial charge in [-0.3, -0.25) is 0 Å². The van der Waals surface area contributed by atoms with Crippen molar-refractivity contribution in [1.82, 2.24) is 13.7 Å². The second kappa shape index (κ2) is 15.6. The largest absolute Gasteiger partial charge is 0.309 e. The van der Waals surface area contributed by atoms with E-state index in [1.807, 2.05) is 0 Å². The maximum atomic E-state index is 2.62. The van der Waals surface area contributed by atoms with Gasteiger partial charge in [0.1, 0.15) is 0 Å². The lowest BCUT2D eigenvalue weighted by molar-refractivity contribution is 1.10. The van der Waals surface area contributed by atoms with E-state index in [9.17, 15) is 0 Å². The summed E-state index contributed by atoms with van der Waals surface area (Å²) in [6.45, 7) is 7.32. The van der Waals surface area contributed by atoms with Crippen LogP contribution < -0.4 is 25.9 Å². The molecule has 0 aliphatic carbocycles. The third-order valence-corrected chi connectivity index (χ3v) is 21.4. The molecular weight excluding hydrogens is 855 g/mol. The van der Waals surface area contributed by atoms with E-state index in [0.717, 1.165) is 11.4 Å². The number of nitrogens with zero attached hydrogens (tertiary/aromatic N) is 3. The van der Waals surface area contributed by atoms with E-state index in [1.54, 1.807) is 0 Å². The van der Waals surface area contributed by atoms with Gasteiger partial charge >= 0.3 is 0 Å². The highest BCUT2D eigenvalue weighted by molar-refractivity contribution is 7.20. The number of aromatic nitrogens is 3. The molecule has 13 aromatic rings. The maximum absolute atomic E-state index is 3.12. The topological polar surface area (TPSA) is 14.8 Å². The van der Waals surface area contributed by atoms with Crippen LogP contribution in [0.15, 0.2) is 243 Å². The quantitative estimate of drug-likeness (QED) is 0.107. The fourth-order valence-corrected chi connectivity index (χ4v) is 17.6. The minimum absolute atomic E-state index is 1.15. The van der Waals surface area contributed by atoms with E-state index in [-0.39, 0.29) is 0 Å². The van der Waals surface area contributed by atoms with Crippen LogP contribution in [0.3, 0.4) is 0 Å². The average molecular weight is 904 g/mol. The van der Waals surface area contributed by atoms with Gasteiger partial charge in [0, 0.05) is 38.0 Å². The molecule has 0 saturated carbocycles. The van der Waals surface area contributed by atoms with Crippen molar-refractivity contribution in [2.45, 2.75) is 19.6 Å². The lowest BCUT2D eigenvalue weighted by Crippen LogP contribution is -2.75. The van der Waals surface area contributed by atoms with Crippen LogP contribution in [0, 0.1) is 0 Å². The van der Waals surface area contributed by atoms with Crippen LogP contribution in [0.2, 0.25) is 19.6 Å². The number of para-hydroxylation sites is 5. The summed E-state index contributed by atoms with van der Waals surface area (Å²) in [6, 6.07) is 91.4. The van der Waals surface area contributed by atoms with Crippen LogP contribution in [-0.2, 0) is 0 Å². The van der Waals surface area contributed by atoms with Crippen molar-refractivity contribution in [3.05, 3.63) is 243 Å². The molecule has 0 atom stereocenters. The molecule has 0 fully saturated rings. The molecule has 0 bridgehead atoms. The van der Waals surface area contributed by atoms with E-state index >= 15 is 0 Å². The van der Waals surface area contributed by atoms with Gasteiger partial charge in [-0.25, -0.2) is 0 Å². The van der Waals surface area contributed by atoms with Crippen LogP contribution in [-0.4, -0.2) is 29.8 Å². The monoisotopic (exact) mass is 903 g/mol. The van der Waals surface area contributed by atoms with Gasteiger partial charge in [0.2, 0.25) is 0 Å². The first-order chi connectivity index (χ1) is 33.4. The molecule has 5 heteroatoms. The molecule has 0 aliphatic heterocycles. The Bertz CT molecular complexity index is 3910. The van der Waals surface area contributed by atoms with E-state index in [1.165, 1.54) is 97.0 Å². The highest BCUT2D eigenvalue weighted by Crippen LogP contribution is 2.40. The minimum atomic E-state index is -3.12. The molecule has 0 N–H and O–H groups in total. The van der Waals surface area contributed by atoms with Crippen molar-refractivity contribution in [3.8, 4) is 17.1 Å². The molecule has 13 rings (SSSR count). The Kier molecular flexibility index (Phi) is 9.23. The number of benzene rings is 10. The summed E-state index contributed by atoms with van der Waals surface area (Å²) in [4.78, 5) is 0. The van der Waals surface area contributed by atoms with E-state index in [4.69, 9.17) is 0 Å². The number of fused-ring (bicyclic) bond motifs is 9. The summed E-state index contributed by atoms with van der Waals surface area (Å²) >= 11 is 0. The molecule has 0 unspecified atom stereocenters. The van der Waals surface area contributed by atoms with Crippen molar-refractivity contribution in [2.75, 3.05) is 0 Å². The minimum Gasteiger partial charge on any atom is -0.309 e. The van der Waals surface area contributed by atoms with Crippen LogP contribution in [0.1, 0.15) is 0 Å². The lowest BCUT2D eigenvalue weighted by atomic mass is 10.1. The third kappa shape index (κ3) is 5.96. The normalized spacial score (nSPS) is 12.3. The standard InChI is InChI=1S/C63H49N3Si2/c1-67(2,3)48-39-41-59-54(43-48)52-31-15-17-32-55(52)64(59)44-38-40-60-53(42-44)51-30-16-20-35-58(51)66(60)63-61(65-56-33-18-13-28-49(56)50-29-14-19-34-57(50)65)36-21-37-62(63)68(45-22-7-4-8-23-45,46-24-9-5-10-25-46)47-26-11-6-12-27-47/h4-43H,1-3H3. The Hall–Kier alpha value is -7.97. The molecular formula is C63H49N3Si2. The summed E-state index contributed by atoms with van der Waals surface area (Å²) in [6.07, 6.45) is 0. The fraction of sp³-hybridized carbons (Fsp3) is 0.0476. The summed E-state index contributed by atoms with van der Waals surface area (Å²) in [7, 11) is -4.68. The Labute approximate surface area is 398 Å². The van der Waals surface area contributed by atoms with Crippen molar-refractivity contribution in [2.24, 2.45) is 0 Å². The first kappa shape index (κ1) is 40.3. The van der Waals surface area contributed by atoms with Gasteiger partial charge in [0.05, 0.1) is 52.5 Å². The molecule has 0 aliphatic rings. The van der Waals surface area contributed by atoms with E-state index in [0.29, 0.717) is 0 Å². The van der Waals surface area contributed by atoms with E-state index in [2.05, 4.69) is 276 Å². The van der Waals surface area contributed by atoms with Gasteiger partial charge in [0.25, 0.3) is 0 Å². The molecule has 0 amide bonds. The van der Waals surface area contributed by atoms with Gasteiger partial charge in [-0.2, -0.15) is 0 Å². The molecule has 3 aromatic heterocycles. The predicted octanol–water partition coefficient (Wildman–Crippen LogP) is 12.9. The molecule has 324 valence electrons. The molecule has 3 heterocycles. The highest BCUT2D eigenvalue weighted by atomic mass is 28.3. The molecule has 3 nitrogen and oxygen atoms in total. The molecule has 0 radical (unpaired) electrons. The van der Waals surface area contributed by atoms with Crippen LogP contribution >= 0.6 is 0 Å². The van der Waals surface area contributed by atoms with Gasteiger partial charge in [0.15, 0.2) is 8.07 Å². The van der Waals surface area contributed by atoms with Crippen LogP contribution in [0.25, 0.3) is 82.5 Å².